The number of methoxy groups -OCH3 is 1. The molecule has 0 bridgehead atoms. The van der Waals surface area contributed by atoms with Gasteiger partial charge in [0.15, 0.2) is 0 Å². The van der Waals surface area contributed by atoms with Crippen LogP contribution in [-0.4, -0.2) is 25.7 Å². The molecule has 1 aliphatic rings. The summed E-state index contributed by atoms with van der Waals surface area (Å²) in [4.78, 5) is 12.9. The molecule has 1 aliphatic carbocycles. The lowest BCUT2D eigenvalue weighted by Gasteiger charge is -2.41. The van der Waals surface area contributed by atoms with Crippen LogP contribution in [0.3, 0.4) is 0 Å². The smallest absolute Gasteiger partial charge is 0.255 e. The van der Waals surface area contributed by atoms with Crippen molar-refractivity contribution >= 4 is 5.91 Å². The standard InChI is InChI=1S/C28H31NO3/c1-31-26-15-9-8-14-25(26)27(30)29-21-28(23-12-6-3-7-13-23)18-16-24(17-19-28)32-20-22-10-4-2-5-11-22/h2-15,24H,16-21H2,1H3,(H,29,30)/t24-,28+. The van der Waals surface area contributed by atoms with Crippen LogP contribution < -0.4 is 10.1 Å². The predicted octanol–water partition coefficient (Wildman–Crippen LogP) is 5.52. The third-order valence-electron chi connectivity index (χ3n) is 6.54. The first-order valence-corrected chi connectivity index (χ1v) is 11.3. The maximum atomic E-state index is 12.9. The van der Waals surface area contributed by atoms with Gasteiger partial charge in [-0.1, -0.05) is 72.8 Å². The molecule has 0 aliphatic heterocycles. The fourth-order valence-corrected chi connectivity index (χ4v) is 4.64. The fraction of sp³-hybridized carbons (Fsp3) is 0.321. The molecule has 3 aromatic carbocycles. The van der Waals surface area contributed by atoms with E-state index in [1.807, 2.05) is 42.5 Å². The highest BCUT2D eigenvalue weighted by Gasteiger charge is 2.37. The molecule has 0 saturated heterocycles. The first kappa shape index (κ1) is 22.1. The van der Waals surface area contributed by atoms with E-state index in [9.17, 15) is 4.79 Å². The zero-order chi connectivity index (χ0) is 22.2. The van der Waals surface area contributed by atoms with Crippen LogP contribution in [0.5, 0.6) is 5.75 Å². The lowest BCUT2D eigenvalue weighted by molar-refractivity contribution is 0.00160. The van der Waals surface area contributed by atoms with Gasteiger partial charge in [0.2, 0.25) is 0 Å². The molecule has 0 heterocycles. The number of ether oxygens (including phenoxy) is 2. The van der Waals surface area contributed by atoms with Crippen molar-refractivity contribution in [3.8, 4) is 5.75 Å². The molecular weight excluding hydrogens is 398 g/mol. The number of hydrogen-bond donors (Lipinski definition) is 1. The average molecular weight is 430 g/mol. The zero-order valence-corrected chi connectivity index (χ0v) is 18.6. The Labute approximate surface area is 190 Å². The Balaban J connectivity index is 1.43. The summed E-state index contributed by atoms with van der Waals surface area (Å²) in [5, 5.41) is 3.20. The van der Waals surface area contributed by atoms with Crippen molar-refractivity contribution in [2.24, 2.45) is 0 Å². The molecule has 0 aromatic heterocycles. The second kappa shape index (κ2) is 10.5. The highest BCUT2D eigenvalue weighted by Crippen LogP contribution is 2.40. The number of benzene rings is 3. The summed E-state index contributed by atoms with van der Waals surface area (Å²) >= 11 is 0. The van der Waals surface area contributed by atoms with Gasteiger partial charge in [-0.2, -0.15) is 0 Å². The summed E-state index contributed by atoms with van der Waals surface area (Å²) in [7, 11) is 1.59. The van der Waals surface area contributed by atoms with Crippen LogP contribution in [0.15, 0.2) is 84.9 Å². The summed E-state index contributed by atoms with van der Waals surface area (Å²) in [5.74, 6) is 0.497. The number of carbonyl (C=O) groups excluding carboxylic acids is 1. The molecule has 166 valence electrons. The van der Waals surface area contributed by atoms with Gasteiger partial charge < -0.3 is 14.8 Å². The molecule has 1 amide bonds. The van der Waals surface area contributed by atoms with Gasteiger partial charge in [0.05, 0.1) is 25.4 Å². The predicted molar refractivity (Wildman–Crippen MR) is 127 cm³/mol. The van der Waals surface area contributed by atoms with Crippen molar-refractivity contribution in [1.82, 2.24) is 5.32 Å². The van der Waals surface area contributed by atoms with E-state index in [4.69, 9.17) is 9.47 Å². The minimum absolute atomic E-state index is 0.0917. The summed E-state index contributed by atoms with van der Waals surface area (Å²) in [6.07, 6.45) is 4.15. The number of nitrogens with one attached hydrogen (secondary N) is 1. The van der Waals surface area contributed by atoms with Gasteiger partial charge in [0, 0.05) is 12.0 Å². The number of para-hydroxylation sites is 1. The summed E-state index contributed by atoms with van der Waals surface area (Å²) in [5.41, 5.74) is 2.96. The Morgan fingerprint density at radius 2 is 1.53 bits per heavy atom. The molecule has 4 heteroatoms. The fourth-order valence-electron chi connectivity index (χ4n) is 4.64. The van der Waals surface area contributed by atoms with Gasteiger partial charge in [-0.15, -0.1) is 0 Å². The molecular formula is C28H31NO3. The van der Waals surface area contributed by atoms with Gasteiger partial charge in [0.25, 0.3) is 5.91 Å². The largest absolute Gasteiger partial charge is 0.496 e. The molecule has 0 unspecified atom stereocenters. The van der Waals surface area contributed by atoms with Crippen LogP contribution in [0, 0.1) is 0 Å². The van der Waals surface area contributed by atoms with Crippen molar-refractivity contribution < 1.29 is 14.3 Å². The van der Waals surface area contributed by atoms with Crippen LogP contribution in [0.25, 0.3) is 0 Å². The monoisotopic (exact) mass is 429 g/mol. The van der Waals surface area contributed by atoms with E-state index in [1.54, 1.807) is 13.2 Å². The first-order valence-electron chi connectivity index (χ1n) is 11.3. The third kappa shape index (κ3) is 5.20. The van der Waals surface area contributed by atoms with Crippen molar-refractivity contribution in [3.05, 3.63) is 102 Å². The molecule has 1 saturated carbocycles. The van der Waals surface area contributed by atoms with Crippen molar-refractivity contribution in [2.45, 2.75) is 43.8 Å². The van der Waals surface area contributed by atoms with E-state index < -0.39 is 0 Å². The minimum Gasteiger partial charge on any atom is -0.496 e. The molecule has 4 nitrogen and oxygen atoms in total. The number of hydrogen-bond acceptors (Lipinski definition) is 3. The number of amides is 1. The summed E-state index contributed by atoms with van der Waals surface area (Å²) in [6, 6.07) is 28.2. The van der Waals surface area contributed by atoms with Crippen LogP contribution in [-0.2, 0) is 16.8 Å². The molecule has 1 fully saturated rings. The molecule has 32 heavy (non-hydrogen) atoms. The Hall–Kier alpha value is -3.11. The topological polar surface area (TPSA) is 47.6 Å². The Morgan fingerprint density at radius 1 is 0.906 bits per heavy atom. The number of carbonyl (C=O) groups is 1. The number of rotatable bonds is 8. The maximum Gasteiger partial charge on any atom is 0.255 e. The van der Waals surface area contributed by atoms with E-state index >= 15 is 0 Å². The van der Waals surface area contributed by atoms with Gasteiger partial charge in [-0.05, 0) is 48.9 Å². The Bertz CT molecular complexity index is 995. The zero-order valence-electron chi connectivity index (χ0n) is 18.6. The van der Waals surface area contributed by atoms with E-state index in [1.165, 1.54) is 11.1 Å². The molecule has 0 radical (unpaired) electrons. The van der Waals surface area contributed by atoms with E-state index in [0.717, 1.165) is 25.7 Å². The SMILES string of the molecule is COc1ccccc1C(=O)NC[C@]1(c2ccccc2)CC[C@@H](OCc2ccccc2)CC1. The van der Waals surface area contributed by atoms with E-state index in [-0.39, 0.29) is 17.4 Å². The Kier molecular flexibility index (Phi) is 7.23. The summed E-state index contributed by atoms with van der Waals surface area (Å²) < 4.78 is 11.6. The van der Waals surface area contributed by atoms with Gasteiger partial charge in [-0.3, -0.25) is 4.79 Å². The van der Waals surface area contributed by atoms with Crippen LogP contribution in [0.1, 0.15) is 47.2 Å². The average Bonchev–Trinajstić information content (AvgIpc) is 2.88. The second-order valence-electron chi connectivity index (χ2n) is 8.53. The van der Waals surface area contributed by atoms with Crippen LogP contribution in [0.2, 0.25) is 0 Å². The van der Waals surface area contributed by atoms with Crippen molar-refractivity contribution in [1.29, 1.82) is 0 Å². The molecule has 3 aromatic rings. The molecule has 4 rings (SSSR count). The quantitative estimate of drug-likeness (QED) is 0.513. The third-order valence-corrected chi connectivity index (χ3v) is 6.54. The highest BCUT2D eigenvalue weighted by molar-refractivity contribution is 5.96. The van der Waals surface area contributed by atoms with E-state index in [0.29, 0.717) is 24.5 Å². The summed E-state index contributed by atoms with van der Waals surface area (Å²) in [6.45, 7) is 1.24. The van der Waals surface area contributed by atoms with Crippen molar-refractivity contribution in [3.63, 3.8) is 0 Å². The van der Waals surface area contributed by atoms with E-state index in [2.05, 4.69) is 41.7 Å². The molecule has 0 atom stereocenters. The van der Waals surface area contributed by atoms with Gasteiger partial charge in [-0.25, -0.2) is 0 Å². The minimum atomic E-state index is -0.0970. The highest BCUT2D eigenvalue weighted by atomic mass is 16.5. The van der Waals surface area contributed by atoms with Crippen LogP contribution >= 0.6 is 0 Å². The lowest BCUT2D eigenvalue weighted by atomic mass is 9.68. The Morgan fingerprint density at radius 3 is 2.22 bits per heavy atom. The lowest BCUT2D eigenvalue weighted by Crippen LogP contribution is -2.44. The van der Waals surface area contributed by atoms with Gasteiger partial charge in [0.1, 0.15) is 5.75 Å². The first-order chi connectivity index (χ1) is 15.7. The van der Waals surface area contributed by atoms with Crippen LogP contribution in [0.4, 0.5) is 0 Å². The normalized spacial score (nSPS) is 20.5. The van der Waals surface area contributed by atoms with Crippen molar-refractivity contribution in [2.75, 3.05) is 13.7 Å². The maximum absolute atomic E-state index is 12.9. The van der Waals surface area contributed by atoms with Gasteiger partial charge >= 0.3 is 0 Å². The second-order valence-corrected chi connectivity index (χ2v) is 8.53. The molecule has 0 spiro atoms. The molecule has 1 N–H and O–H groups in total.